The van der Waals surface area contributed by atoms with Gasteiger partial charge >= 0.3 is 0 Å². The smallest absolute Gasteiger partial charge is 0.143 e. The molecule has 51 heavy (non-hydrogen) atoms. The number of benzene rings is 10. The standard InChI is InChI=1S/C50H30O/c1-3-16-33-31(13-1)15-11-24-38(33)47-39-20-7-9-22-41(39)48(42-23-10-8-21-40(42)47)43-29-28-37(35-18-5-6-19-36(35)43)44-25-12-26-45-49-34-17-4-2-14-32(34)27-30-46(49)51-50(44)45/h1-30H/i7D,8D,9D,10D,20D,21D,22D,23D. The van der Waals surface area contributed by atoms with Crippen LogP contribution < -0.4 is 0 Å². The Morgan fingerprint density at radius 3 is 1.49 bits per heavy atom. The average molecular weight is 655 g/mol. The number of para-hydroxylation sites is 1. The first-order valence-corrected chi connectivity index (χ1v) is 16.9. The van der Waals surface area contributed by atoms with E-state index < -0.39 is 24.2 Å². The fourth-order valence-electron chi connectivity index (χ4n) is 8.14. The van der Waals surface area contributed by atoms with Crippen LogP contribution in [-0.4, -0.2) is 0 Å². The average Bonchev–Trinajstić information content (AvgIpc) is 3.67. The molecule has 1 heterocycles. The summed E-state index contributed by atoms with van der Waals surface area (Å²) in [5.41, 5.74) is 5.08. The summed E-state index contributed by atoms with van der Waals surface area (Å²) < 4.78 is 80.3. The zero-order chi connectivity index (χ0) is 40.4. The zero-order valence-corrected chi connectivity index (χ0v) is 27.1. The summed E-state index contributed by atoms with van der Waals surface area (Å²) in [5.74, 6) is 0. The van der Waals surface area contributed by atoms with Crippen molar-refractivity contribution in [1.82, 2.24) is 0 Å². The lowest BCUT2D eigenvalue weighted by Gasteiger charge is -2.20. The molecule has 0 aliphatic heterocycles. The van der Waals surface area contributed by atoms with E-state index in [1.807, 2.05) is 109 Å². The molecule has 1 heteroatoms. The summed E-state index contributed by atoms with van der Waals surface area (Å²) in [5, 5.41) is 8.21. The van der Waals surface area contributed by atoms with Gasteiger partial charge in [-0.15, -0.1) is 0 Å². The van der Waals surface area contributed by atoms with Crippen LogP contribution in [0.5, 0.6) is 0 Å². The first-order valence-electron chi connectivity index (χ1n) is 20.9. The Hall–Kier alpha value is -6.70. The third-order valence-electron chi connectivity index (χ3n) is 10.3. The lowest BCUT2D eigenvalue weighted by atomic mass is 9.83. The Kier molecular flexibility index (Phi) is 4.57. The van der Waals surface area contributed by atoms with Crippen LogP contribution in [0, 0.1) is 0 Å². The monoisotopic (exact) mass is 654 g/mol. The maximum Gasteiger partial charge on any atom is 0.143 e. The number of fused-ring (bicyclic) bond motifs is 9. The number of hydrogen-bond acceptors (Lipinski definition) is 1. The maximum atomic E-state index is 9.52. The molecule has 1 nitrogen and oxygen atoms in total. The van der Waals surface area contributed by atoms with E-state index in [1.165, 1.54) is 0 Å². The Morgan fingerprint density at radius 2 is 0.804 bits per heavy atom. The third kappa shape index (κ3) is 4.09. The molecule has 0 saturated heterocycles. The molecule has 0 unspecified atom stereocenters. The van der Waals surface area contributed by atoms with Crippen LogP contribution in [0.3, 0.4) is 0 Å². The molecule has 0 radical (unpaired) electrons. The van der Waals surface area contributed by atoms with Crippen molar-refractivity contribution >= 4 is 75.8 Å². The van der Waals surface area contributed by atoms with Gasteiger partial charge in [0.15, 0.2) is 0 Å². The first-order chi connectivity index (χ1) is 28.7. The molecule has 236 valence electrons. The molecule has 11 rings (SSSR count). The highest BCUT2D eigenvalue weighted by molar-refractivity contribution is 6.26. The predicted octanol–water partition coefficient (Wildman–Crippen LogP) is 14.4. The van der Waals surface area contributed by atoms with Crippen LogP contribution in [0.15, 0.2) is 186 Å². The van der Waals surface area contributed by atoms with E-state index in [9.17, 15) is 5.48 Å². The molecular weight excluding hydrogens is 617 g/mol. The molecule has 0 atom stereocenters. The number of rotatable bonds is 3. The van der Waals surface area contributed by atoms with E-state index >= 15 is 0 Å². The van der Waals surface area contributed by atoms with E-state index in [0.717, 1.165) is 65.4 Å². The normalized spacial score (nSPS) is 14.1. The largest absolute Gasteiger partial charge is 0.455 e. The van der Waals surface area contributed by atoms with Crippen LogP contribution in [-0.2, 0) is 0 Å². The van der Waals surface area contributed by atoms with Gasteiger partial charge < -0.3 is 4.42 Å². The van der Waals surface area contributed by atoms with Gasteiger partial charge in [0, 0.05) is 16.3 Å². The van der Waals surface area contributed by atoms with Crippen molar-refractivity contribution in [2.75, 3.05) is 0 Å². The van der Waals surface area contributed by atoms with Gasteiger partial charge in [-0.25, -0.2) is 0 Å². The molecule has 0 aliphatic rings. The molecule has 0 spiro atoms. The highest BCUT2D eigenvalue weighted by Crippen LogP contribution is 2.48. The molecule has 1 aromatic heterocycles. The van der Waals surface area contributed by atoms with Gasteiger partial charge in [0.05, 0.1) is 11.0 Å². The fourth-order valence-corrected chi connectivity index (χ4v) is 8.14. The molecular formula is C50H30O. The van der Waals surface area contributed by atoms with Crippen molar-refractivity contribution in [3.63, 3.8) is 0 Å². The second-order valence-electron chi connectivity index (χ2n) is 12.9. The molecule has 0 amide bonds. The van der Waals surface area contributed by atoms with Crippen LogP contribution in [0.4, 0.5) is 0 Å². The zero-order valence-electron chi connectivity index (χ0n) is 35.1. The minimum Gasteiger partial charge on any atom is -0.455 e. The van der Waals surface area contributed by atoms with E-state index in [4.69, 9.17) is 9.90 Å². The van der Waals surface area contributed by atoms with E-state index in [0.29, 0.717) is 22.3 Å². The van der Waals surface area contributed by atoms with Crippen molar-refractivity contribution < 1.29 is 15.4 Å². The van der Waals surface area contributed by atoms with Crippen LogP contribution in [0.1, 0.15) is 11.0 Å². The maximum absolute atomic E-state index is 9.52. The highest BCUT2D eigenvalue weighted by Gasteiger charge is 2.21. The predicted molar refractivity (Wildman–Crippen MR) is 218 cm³/mol. The van der Waals surface area contributed by atoms with Crippen molar-refractivity contribution in [3.8, 4) is 33.4 Å². The van der Waals surface area contributed by atoms with Gasteiger partial charge in [-0.1, -0.05) is 176 Å². The Balaban J connectivity index is 1.31. The van der Waals surface area contributed by atoms with Crippen LogP contribution in [0.2, 0.25) is 0 Å². The number of furan rings is 1. The highest BCUT2D eigenvalue weighted by atomic mass is 16.3. The van der Waals surface area contributed by atoms with Crippen molar-refractivity contribution in [2.24, 2.45) is 0 Å². The number of hydrogen-bond donors (Lipinski definition) is 0. The molecule has 0 bridgehead atoms. The Bertz CT molecular complexity index is 3580. The van der Waals surface area contributed by atoms with Crippen LogP contribution in [0.25, 0.3) is 109 Å². The second-order valence-corrected chi connectivity index (χ2v) is 12.9. The minimum absolute atomic E-state index is 0.181. The lowest BCUT2D eigenvalue weighted by molar-refractivity contribution is 0.670. The molecule has 11 aromatic rings. The first kappa shape index (κ1) is 21.4. The molecule has 0 fully saturated rings. The van der Waals surface area contributed by atoms with Gasteiger partial charge in [0.25, 0.3) is 0 Å². The third-order valence-corrected chi connectivity index (χ3v) is 10.3. The Labute approximate surface area is 305 Å². The van der Waals surface area contributed by atoms with Gasteiger partial charge in [0.1, 0.15) is 11.2 Å². The van der Waals surface area contributed by atoms with Gasteiger partial charge in [-0.2, -0.15) is 0 Å². The van der Waals surface area contributed by atoms with Crippen molar-refractivity contribution in [1.29, 1.82) is 0 Å². The van der Waals surface area contributed by atoms with E-state index in [-0.39, 0.29) is 45.7 Å². The van der Waals surface area contributed by atoms with Crippen molar-refractivity contribution in [2.45, 2.75) is 0 Å². The topological polar surface area (TPSA) is 13.1 Å². The Morgan fingerprint density at radius 1 is 0.333 bits per heavy atom. The summed E-state index contributed by atoms with van der Waals surface area (Å²) >= 11 is 0. The summed E-state index contributed by atoms with van der Waals surface area (Å²) in [6.45, 7) is 0. The van der Waals surface area contributed by atoms with Crippen LogP contribution >= 0.6 is 0 Å². The molecule has 0 saturated carbocycles. The quantitative estimate of drug-likeness (QED) is 0.173. The molecule has 10 aromatic carbocycles. The molecule has 0 N–H and O–H groups in total. The van der Waals surface area contributed by atoms with Gasteiger partial charge in [-0.05, 0) is 87.7 Å². The van der Waals surface area contributed by atoms with E-state index in [2.05, 4.69) is 24.3 Å². The van der Waals surface area contributed by atoms with Crippen molar-refractivity contribution in [3.05, 3.63) is 182 Å². The SMILES string of the molecule is [2H]c1c([2H])c([2H])c2c(-c3ccc(-c4cccc5c4oc4ccc6ccccc6c45)c4ccccc34)c3c([2H])c([2H])c([2H])c([2H])c3c(-c3cccc4ccccc34)c2c1[2H]. The lowest BCUT2D eigenvalue weighted by Crippen LogP contribution is -1.93. The minimum atomic E-state index is -0.433. The fraction of sp³-hybridized carbons (Fsp3) is 0. The second kappa shape index (κ2) is 10.9. The van der Waals surface area contributed by atoms with Gasteiger partial charge in [0.2, 0.25) is 0 Å². The summed E-state index contributed by atoms with van der Waals surface area (Å²) in [7, 11) is 0. The van der Waals surface area contributed by atoms with E-state index in [1.54, 1.807) is 0 Å². The summed E-state index contributed by atoms with van der Waals surface area (Å²) in [6.07, 6.45) is 0. The molecule has 0 aliphatic carbocycles. The summed E-state index contributed by atoms with van der Waals surface area (Å²) in [6, 6.07) is 40.6. The van der Waals surface area contributed by atoms with Gasteiger partial charge in [-0.3, -0.25) is 0 Å². The summed E-state index contributed by atoms with van der Waals surface area (Å²) in [4.78, 5) is 0.